The monoisotopic (exact) mass is 198 g/mol. The molecule has 0 aliphatic carbocycles. The zero-order valence-electron chi connectivity index (χ0n) is 7.95. The highest BCUT2D eigenvalue weighted by molar-refractivity contribution is 7.99. The Bertz CT molecular complexity index is 254. The molecule has 1 aromatic heterocycles. The minimum Gasteiger partial charge on any atom is -0.468 e. The van der Waals surface area contributed by atoms with Crippen LogP contribution in [0.1, 0.15) is 26.0 Å². The van der Waals surface area contributed by atoms with Gasteiger partial charge in [0.2, 0.25) is 0 Å². The summed E-state index contributed by atoms with van der Waals surface area (Å²) in [5, 5.41) is 0.0788. The van der Waals surface area contributed by atoms with Crippen LogP contribution in [0.25, 0.3) is 0 Å². The predicted octanol–water partition coefficient (Wildman–Crippen LogP) is 2.88. The lowest BCUT2D eigenvalue weighted by atomic mass is 10.2. The van der Waals surface area contributed by atoms with Gasteiger partial charge in [0.05, 0.1) is 17.3 Å². The number of carbonyl (C=O) groups is 1. The highest BCUT2D eigenvalue weighted by Crippen LogP contribution is 2.19. The molecule has 0 aliphatic heterocycles. The van der Waals surface area contributed by atoms with Gasteiger partial charge in [0, 0.05) is 6.42 Å². The molecule has 0 saturated heterocycles. The van der Waals surface area contributed by atoms with Crippen LogP contribution in [0.4, 0.5) is 0 Å². The molecule has 0 spiro atoms. The molecule has 72 valence electrons. The Morgan fingerprint density at radius 1 is 1.69 bits per heavy atom. The summed E-state index contributed by atoms with van der Waals surface area (Å²) in [4.78, 5) is 11.2. The van der Waals surface area contributed by atoms with Gasteiger partial charge in [-0.3, -0.25) is 4.79 Å². The first-order valence-corrected chi connectivity index (χ1v) is 5.45. The Hall–Kier alpha value is -0.700. The molecular formula is C10H14O2S. The van der Waals surface area contributed by atoms with Crippen molar-refractivity contribution in [3.8, 4) is 0 Å². The van der Waals surface area contributed by atoms with Gasteiger partial charge in [0.25, 0.3) is 0 Å². The van der Waals surface area contributed by atoms with Crippen molar-refractivity contribution in [2.24, 2.45) is 0 Å². The maximum absolute atomic E-state index is 11.2. The molecular weight excluding hydrogens is 184 g/mol. The fourth-order valence-corrected chi connectivity index (χ4v) is 1.91. The Kier molecular flexibility index (Phi) is 4.09. The van der Waals surface area contributed by atoms with Crippen LogP contribution in [0.15, 0.2) is 22.8 Å². The fourth-order valence-electron chi connectivity index (χ4n) is 0.982. The van der Waals surface area contributed by atoms with E-state index < -0.39 is 0 Å². The Labute approximate surface area is 82.7 Å². The Morgan fingerprint density at radius 3 is 3.00 bits per heavy atom. The molecule has 0 bridgehead atoms. The number of rotatable bonds is 5. The third kappa shape index (κ3) is 3.27. The summed E-state index contributed by atoms with van der Waals surface area (Å²) in [7, 11) is 0. The minimum absolute atomic E-state index is 0.0788. The van der Waals surface area contributed by atoms with E-state index in [1.54, 1.807) is 18.0 Å². The van der Waals surface area contributed by atoms with Crippen LogP contribution in [0.3, 0.4) is 0 Å². The largest absolute Gasteiger partial charge is 0.468 e. The van der Waals surface area contributed by atoms with Crippen molar-refractivity contribution in [1.82, 2.24) is 0 Å². The summed E-state index contributed by atoms with van der Waals surface area (Å²) < 4.78 is 5.17. The molecule has 1 atom stereocenters. The summed E-state index contributed by atoms with van der Waals surface area (Å²) in [6, 6.07) is 3.79. The number of carbonyl (C=O) groups excluding carboxylic acids is 1. The highest BCUT2D eigenvalue weighted by Gasteiger charge is 2.11. The molecule has 0 amide bonds. The smallest absolute Gasteiger partial charge is 0.145 e. The first-order chi connectivity index (χ1) is 6.24. The van der Waals surface area contributed by atoms with E-state index in [0.29, 0.717) is 12.2 Å². The number of ketones is 1. The van der Waals surface area contributed by atoms with Crippen molar-refractivity contribution in [2.75, 3.05) is 0 Å². The molecule has 1 unspecified atom stereocenters. The molecule has 0 radical (unpaired) electrons. The predicted molar refractivity (Wildman–Crippen MR) is 54.8 cm³/mol. The fraction of sp³-hybridized carbons (Fsp3) is 0.500. The van der Waals surface area contributed by atoms with Crippen molar-refractivity contribution >= 4 is 17.5 Å². The number of furan rings is 1. The summed E-state index contributed by atoms with van der Waals surface area (Å²) in [5.74, 6) is 2.01. The van der Waals surface area contributed by atoms with E-state index in [1.165, 1.54) is 0 Å². The lowest BCUT2D eigenvalue weighted by molar-refractivity contribution is -0.117. The van der Waals surface area contributed by atoms with Gasteiger partial charge in [-0.25, -0.2) is 0 Å². The van der Waals surface area contributed by atoms with Gasteiger partial charge in [-0.1, -0.05) is 6.92 Å². The van der Waals surface area contributed by atoms with Gasteiger partial charge < -0.3 is 4.42 Å². The molecule has 0 N–H and O–H groups in total. The van der Waals surface area contributed by atoms with Gasteiger partial charge >= 0.3 is 0 Å². The molecule has 2 nitrogen and oxygen atoms in total. The zero-order valence-corrected chi connectivity index (χ0v) is 8.76. The molecule has 0 aromatic carbocycles. The summed E-state index contributed by atoms with van der Waals surface area (Å²) >= 11 is 1.62. The summed E-state index contributed by atoms with van der Waals surface area (Å²) in [6.07, 6.45) is 2.27. The standard InChI is InChI=1S/C10H14O2S/c1-3-10(11)8(2)13-7-9-5-4-6-12-9/h4-6,8H,3,7H2,1-2H3. The van der Waals surface area contributed by atoms with E-state index in [1.807, 2.05) is 26.0 Å². The van der Waals surface area contributed by atoms with E-state index in [0.717, 1.165) is 11.5 Å². The molecule has 0 fully saturated rings. The van der Waals surface area contributed by atoms with Crippen LogP contribution in [-0.2, 0) is 10.5 Å². The average molecular weight is 198 g/mol. The second-order valence-electron chi connectivity index (χ2n) is 2.85. The third-order valence-corrected chi connectivity index (χ3v) is 3.07. The second kappa shape index (κ2) is 5.12. The first kappa shape index (κ1) is 10.4. The molecule has 1 rings (SSSR count). The lowest BCUT2D eigenvalue weighted by Crippen LogP contribution is -2.11. The molecule has 1 aromatic rings. The van der Waals surface area contributed by atoms with Crippen LogP contribution < -0.4 is 0 Å². The summed E-state index contributed by atoms with van der Waals surface area (Å²) in [5.41, 5.74) is 0. The highest BCUT2D eigenvalue weighted by atomic mass is 32.2. The topological polar surface area (TPSA) is 30.2 Å². The van der Waals surface area contributed by atoms with Gasteiger partial charge in [-0.05, 0) is 19.1 Å². The van der Waals surface area contributed by atoms with Crippen molar-refractivity contribution in [3.05, 3.63) is 24.2 Å². The van der Waals surface area contributed by atoms with Crippen molar-refractivity contribution < 1.29 is 9.21 Å². The zero-order chi connectivity index (χ0) is 9.68. The second-order valence-corrected chi connectivity index (χ2v) is 4.18. The van der Waals surface area contributed by atoms with Gasteiger partial charge in [-0.2, -0.15) is 0 Å². The van der Waals surface area contributed by atoms with E-state index in [2.05, 4.69) is 0 Å². The first-order valence-electron chi connectivity index (χ1n) is 4.40. The Balaban J connectivity index is 2.30. The van der Waals surface area contributed by atoms with Crippen LogP contribution >= 0.6 is 11.8 Å². The van der Waals surface area contributed by atoms with Crippen LogP contribution in [0.2, 0.25) is 0 Å². The Morgan fingerprint density at radius 2 is 2.46 bits per heavy atom. The molecule has 3 heteroatoms. The van der Waals surface area contributed by atoms with Gasteiger partial charge in [0.1, 0.15) is 11.5 Å². The third-order valence-electron chi connectivity index (χ3n) is 1.86. The van der Waals surface area contributed by atoms with Crippen LogP contribution in [0.5, 0.6) is 0 Å². The van der Waals surface area contributed by atoms with E-state index in [-0.39, 0.29) is 5.25 Å². The van der Waals surface area contributed by atoms with Gasteiger partial charge in [-0.15, -0.1) is 11.8 Å². The van der Waals surface area contributed by atoms with Crippen molar-refractivity contribution in [1.29, 1.82) is 0 Å². The normalized spacial score (nSPS) is 12.8. The molecule has 13 heavy (non-hydrogen) atoms. The van der Waals surface area contributed by atoms with E-state index in [4.69, 9.17) is 4.42 Å². The number of hydrogen-bond acceptors (Lipinski definition) is 3. The van der Waals surface area contributed by atoms with Crippen LogP contribution in [-0.4, -0.2) is 11.0 Å². The molecule has 0 aliphatic rings. The maximum atomic E-state index is 11.2. The quantitative estimate of drug-likeness (QED) is 0.728. The number of Topliss-reactive ketones (excluding diaryl/α,β-unsaturated/α-hetero) is 1. The molecule has 1 heterocycles. The van der Waals surface area contributed by atoms with Gasteiger partial charge in [0.15, 0.2) is 0 Å². The average Bonchev–Trinajstić information content (AvgIpc) is 2.65. The maximum Gasteiger partial charge on any atom is 0.145 e. The number of thioether (sulfide) groups is 1. The van der Waals surface area contributed by atoms with E-state index >= 15 is 0 Å². The number of hydrogen-bond donors (Lipinski definition) is 0. The summed E-state index contributed by atoms with van der Waals surface area (Å²) in [6.45, 7) is 3.84. The SMILES string of the molecule is CCC(=O)C(C)SCc1ccco1. The van der Waals surface area contributed by atoms with Crippen LogP contribution in [0, 0.1) is 0 Å². The van der Waals surface area contributed by atoms with E-state index in [9.17, 15) is 4.79 Å². The molecule has 0 saturated carbocycles. The minimum atomic E-state index is 0.0788. The van der Waals surface area contributed by atoms with Crippen molar-refractivity contribution in [3.63, 3.8) is 0 Å². The lowest BCUT2D eigenvalue weighted by Gasteiger charge is -2.06. The van der Waals surface area contributed by atoms with Crippen molar-refractivity contribution in [2.45, 2.75) is 31.3 Å².